The second-order valence-corrected chi connectivity index (χ2v) is 5.42. The zero-order valence-electron chi connectivity index (χ0n) is 12.1. The lowest BCUT2D eigenvalue weighted by atomic mass is 10.1. The third-order valence-electron chi connectivity index (χ3n) is 3.90. The monoisotopic (exact) mass is 285 g/mol. The smallest absolute Gasteiger partial charge is 0.219 e. The second-order valence-electron chi connectivity index (χ2n) is 5.42. The van der Waals surface area contributed by atoms with Gasteiger partial charge < -0.3 is 14.9 Å². The summed E-state index contributed by atoms with van der Waals surface area (Å²) in [4.78, 5) is 19.8. The molecule has 1 aromatic heterocycles. The average Bonchev–Trinajstić information content (AvgIpc) is 2.68. The Morgan fingerprint density at radius 2 is 2.05 bits per heavy atom. The number of aliphatic hydroxyl groups excluding tert-OH is 1. The van der Waals surface area contributed by atoms with Crippen LogP contribution >= 0.6 is 0 Å². The van der Waals surface area contributed by atoms with Gasteiger partial charge in [0.05, 0.1) is 6.10 Å². The first-order valence-electron chi connectivity index (χ1n) is 7.17. The molecule has 2 aromatic rings. The fraction of sp³-hybridized carbons (Fsp3) is 0.375. The molecule has 5 nitrogen and oxygen atoms in total. The summed E-state index contributed by atoms with van der Waals surface area (Å²) in [6.07, 6.45) is 1.23. The Kier molecular flexibility index (Phi) is 3.75. The molecular formula is C16H19N3O2. The lowest BCUT2D eigenvalue weighted by Crippen LogP contribution is -2.36. The van der Waals surface area contributed by atoms with Crippen LogP contribution in [0.25, 0.3) is 10.8 Å². The first kappa shape index (κ1) is 13.8. The Morgan fingerprint density at radius 3 is 2.86 bits per heavy atom. The molecule has 2 heterocycles. The predicted molar refractivity (Wildman–Crippen MR) is 82.2 cm³/mol. The number of amides is 1. The van der Waals surface area contributed by atoms with Crippen molar-refractivity contribution < 1.29 is 9.90 Å². The highest BCUT2D eigenvalue weighted by atomic mass is 16.3. The first-order valence-corrected chi connectivity index (χ1v) is 7.17. The number of rotatable bonds is 1. The largest absolute Gasteiger partial charge is 0.389 e. The molecule has 5 heteroatoms. The molecule has 0 bridgehead atoms. The van der Waals surface area contributed by atoms with E-state index in [1.807, 2.05) is 24.3 Å². The maximum Gasteiger partial charge on any atom is 0.219 e. The number of hydrogen-bond acceptors (Lipinski definition) is 4. The molecule has 1 aliphatic heterocycles. The van der Waals surface area contributed by atoms with Gasteiger partial charge in [-0.2, -0.15) is 0 Å². The minimum absolute atomic E-state index is 0.00165. The maximum atomic E-state index is 11.5. The van der Waals surface area contributed by atoms with Gasteiger partial charge in [-0.1, -0.05) is 24.3 Å². The number of carbonyl (C=O) groups is 1. The summed E-state index contributed by atoms with van der Waals surface area (Å²) in [6.45, 7) is 3.70. The highest BCUT2D eigenvalue weighted by molar-refractivity contribution is 5.92. The Balaban J connectivity index is 1.93. The third-order valence-corrected chi connectivity index (χ3v) is 3.90. The van der Waals surface area contributed by atoms with Crippen molar-refractivity contribution >= 4 is 22.5 Å². The number of benzene rings is 1. The van der Waals surface area contributed by atoms with Gasteiger partial charge in [0.1, 0.15) is 5.82 Å². The molecule has 21 heavy (non-hydrogen) atoms. The summed E-state index contributed by atoms with van der Waals surface area (Å²) in [5, 5.41) is 12.4. The standard InChI is InChI=1S/C16H19N3O2/c1-12(20)18-8-9-19(11-14(21)10-18)16-15-5-3-2-4-13(15)6-7-17-16/h2-7,14,21H,8-11H2,1H3/t14-/m1/s1. The molecule has 1 N–H and O–H groups in total. The van der Waals surface area contributed by atoms with E-state index in [4.69, 9.17) is 0 Å². The summed E-state index contributed by atoms with van der Waals surface area (Å²) < 4.78 is 0. The molecule has 1 fully saturated rings. The van der Waals surface area contributed by atoms with E-state index in [1.54, 1.807) is 18.0 Å². The van der Waals surface area contributed by atoms with Crippen molar-refractivity contribution in [3.05, 3.63) is 36.5 Å². The van der Waals surface area contributed by atoms with Gasteiger partial charge in [-0.05, 0) is 11.5 Å². The molecule has 0 spiro atoms. The van der Waals surface area contributed by atoms with Crippen molar-refractivity contribution in [3.63, 3.8) is 0 Å². The number of hydrogen-bond donors (Lipinski definition) is 1. The number of aliphatic hydroxyl groups is 1. The molecule has 3 rings (SSSR count). The Labute approximate surface area is 123 Å². The maximum absolute atomic E-state index is 11.5. The van der Waals surface area contributed by atoms with Crippen molar-refractivity contribution in [2.75, 3.05) is 31.1 Å². The van der Waals surface area contributed by atoms with Crippen LogP contribution in [0.1, 0.15) is 6.92 Å². The number of carbonyl (C=O) groups excluding carboxylic acids is 1. The number of nitrogens with zero attached hydrogens (tertiary/aromatic N) is 3. The van der Waals surface area contributed by atoms with E-state index in [-0.39, 0.29) is 5.91 Å². The first-order chi connectivity index (χ1) is 10.1. The Morgan fingerprint density at radius 1 is 1.24 bits per heavy atom. The van der Waals surface area contributed by atoms with Gasteiger partial charge in [-0.15, -0.1) is 0 Å². The molecule has 0 radical (unpaired) electrons. The van der Waals surface area contributed by atoms with Crippen LogP contribution in [0.5, 0.6) is 0 Å². The van der Waals surface area contributed by atoms with E-state index in [1.165, 1.54) is 0 Å². The fourth-order valence-electron chi connectivity index (χ4n) is 2.82. The van der Waals surface area contributed by atoms with Crippen LogP contribution in [-0.4, -0.2) is 53.2 Å². The van der Waals surface area contributed by atoms with E-state index in [9.17, 15) is 9.90 Å². The van der Waals surface area contributed by atoms with Crippen molar-refractivity contribution in [2.24, 2.45) is 0 Å². The topological polar surface area (TPSA) is 56.7 Å². The fourth-order valence-corrected chi connectivity index (χ4v) is 2.82. The second kappa shape index (κ2) is 5.69. The minimum Gasteiger partial charge on any atom is -0.389 e. The van der Waals surface area contributed by atoms with Crippen LogP contribution in [-0.2, 0) is 4.79 Å². The van der Waals surface area contributed by atoms with E-state index < -0.39 is 6.10 Å². The van der Waals surface area contributed by atoms with E-state index in [0.717, 1.165) is 16.6 Å². The van der Waals surface area contributed by atoms with Crippen molar-refractivity contribution in [3.8, 4) is 0 Å². The van der Waals surface area contributed by atoms with E-state index in [2.05, 4.69) is 16.0 Å². The molecular weight excluding hydrogens is 266 g/mol. The van der Waals surface area contributed by atoms with Crippen molar-refractivity contribution in [1.29, 1.82) is 0 Å². The van der Waals surface area contributed by atoms with E-state index in [0.29, 0.717) is 26.2 Å². The summed E-state index contributed by atoms with van der Waals surface area (Å²) in [7, 11) is 0. The van der Waals surface area contributed by atoms with Crippen LogP contribution in [0.3, 0.4) is 0 Å². The van der Waals surface area contributed by atoms with Gasteiger partial charge in [-0.25, -0.2) is 4.98 Å². The molecule has 0 saturated carbocycles. The SMILES string of the molecule is CC(=O)N1CCN(c2nccc3ccccc23)C[C@H](O)C1. The highest BCUT2D eigenvalue weighted by Crippen LogP contribution is 2.25. The zero-order chi connectivity index (χ0) is 14.8. The lowest BCUT2D eigenvalue weighted by molar-refractivity contribution is -0.129. The molecule has 0 unspecified atom stereocenters. The summed E-state index contributed by atoms with van der Waals surface area (Å²) >= 11 is 0. The van der Waals surface area contributed by atoms with Crippen molar-refractivity contribution in [2.45, 2.75) is 13.0 Å². The minimum atomic E-state index is -0.558. The lowest BCUT2D eigenvalue weighted by Gasteiger charge is -2.24. The van der Waals surface area contributed by atoms with Gasteiger partial charge in [-0.3, -0.25) is 4.79 Å². The number of aromatic nitrogens is 1. The number of anilines is 1. The summed E-state index contributed by atoms with van der Waals surface area (Å²) in [6, 6.07) is 10.1. The quantitative estimate of drug-likeness (QED) is 0.857. The predicted octanol–water partition coefficient (Wildman–Crippen LogP) is 1.26. The van der Waals surface area contributed by atoms with Crippen LogP contribution in [0.15, 0.2) is 36.5 Å². The van der Waals surface area contributed by atoms with Gasteiger partial charge >= 0.3 is 0 Å². The molecule has 1 aliphatic rings. The van der Waals surface area contributed by atoms with Crippen LogP contribution in [0.2, 0.25) is 0 Å². The average molecular weight is 285 g/mol. The third kappa shape index (κ3) is 2.83. The molecule has 110 valence electrons. The molecule has 0 aliphatic carbocycles. The van der Waals surface area contributed by atoms with Gasteiger partial charge in [0.25, 0.3) is 0 Å². The number of β-amino-alcohol motifs (C(OH)–C–C–N with tert-alkyl or cyclic N) is 1. The van der Waals surface area contributed by atoms with Gasteiger partial charge in [0.15, 0.2) is 0 Å². The van der Waals surface area contributed by atoms with Crippen LogP contribution in [0, 0.1) is 0 Å². The number of fused-ring (bicyclic) bond motifs is 1. The molecule has 1 atom stereocenters. The van der Waals surface area contributed by atoms with Crippen LogP contribution in [0.4, 0.5) is 5.82 Å². The van der Waals surface area contributed by atoms with Crippen LogP contribution < -0.4 is 4.90 Å². The Hall–Kier alpha value is -2.14. The molecule has 1 amide bonds. The summed E-state index contributed by atoms with van der Waals surface area (Å²) in [5.41, 5.74) is 0. The van der Waals surface area contributed by atoms with E-state index >= 15 is 0 Å². The highest BCUT2D eigenvalue weighted by Gasteiger charge is 2.24. The summed E-state index contributed by atoms with van der Waals surface area (Å²) in [5.74, 6) is 0.874. The Bertz CT molecular complexity index is 654. The molecule has 1 saturated heterocycles. The van der Waals surface area contributed by atoms with Crippen molar-refractivity contribution in [1.82, 2.24) is 9.88 Å². The molecule has 1 aromatic carbocycles. The zero-order valence-corrected chi connectivity index (χ0v) is 12.1. The normalized spacial score (nSPS) is 19.6. The van der Waals surface area contributed by atoms with Gasteiger partial charge in [0.2, 0.25) is 5.91 Å². The number of pyridine rings is 1. The van der Waals surface area contributed by atoms with Gasteiger partial charge in [0, 0.05) is 44.7 Å².